The van der Waals surface area contributed by atoms with Gasteiger partial charge in [0.1, 0.15) is 12.3 Å². The van der Waals surface area contributed by atoms with E-state index >= 15 is 8.78 Å². The number of ketones is 1. The number of carbonyl (C=O) groups is 3. The molecule has 230 valence electrons. The lowest BCUT2D eigenvalue weighted by Crippen LogP contribution is -2.71. The van der Waals surface area contributed by atoms with Gasteiger partial charge in [0, 0.05) is 28.1 Å². The zero-order valence-corrected chi connectivity index (χ0v) is 25.2. The number of alkyl halides is 2. The second kappa shape index (κ2) is 7.86. The van der Waals surface area contributed by atoms with Crippen LogP contribution in [0.3, 0.4) is 0 Å². The summed E-state index contributed by atoms with van der Waals surface area (Å²) in [6.07, 6.45) is 1.37. The molecule has 0 aromatic heterocycles. The van der Waals surface area contributed by atoms with Gasteiger partial charge in [-0.05, 0) is 85.8 Å². The van der Waals surface area contributed by atoms with Crippen LogP contribution in [0.25, 0.3) is 0 Å². The molecule has 0 aromatic carbocycles. The number of hydrogen-bond donors (Lipinski definition) is 2. The smallest absolute Gasteiger partial charge is 0.478 e. The minimum absolute atomic E-state index is 0.00225. The molecular formula is C33H42F2O7. The molecule has 7 rings (SSSR count). The Morgan fingerprint density at radius 1 is 1.07 bits per heavy atom. The molecule has 6 saturated carbocycles. The first-order chi connectivity index (χ1) is 19.4. The number of ether oxygens (including phenoxy) is 2. The lowest BCUT2D eigenvalue weighted by Gasteiger charge is -2.62. The van der Waals surface area contributed by atoms with Crippen LogP contribution in [0.2, 0.25) is 0 Å². The number of carbonyl (C=O) groups excluding carboxylic acids is 2. The number of allylic oxidation sites excluding steroid dienone is 4. The van der Waals surface area contributed by atoms with Crippen molar-refractivity contribution in [1.82, 2.24) is 0 Å². The van der Waals surface area contributed by atoms with Crippen molar-refractivity contribution in [2.45, 2.75) is 110 Å². The number of fused-ring (bicyclic) bond motifs is 5. The van der Waals surface area contributed by atoms with Crippen LogP contribution in [0.4, 0.5) is 13.6 Å². The molecule has 0 radical (unpaired) electrons. The van der Waals surface area contributed by atoms with Gasteiger partial charge in [-0.1, -0.05) is 40.7 Å². The van der Waals surface area contributed by atoms with E-state index in [-0.39, 0.29) is 47.2 Å². The standard InChI is InChI=1S/C33H42F2O7/c1-16-11-19-20-14-22(34)21-13-18(36)8-9-28(21,4)32(20,35)23(37)15-29(19,5)33(16,25(38)39)42-26(40)41-24-12-17-7-10-30(6)27(2,3)31(17,24)30/h8-9,13,16-17,19-20,22-24,37H,7,10-12,14-15H2,1-6H3,(H,38,39)/t16-,17-,19+,20+,22+,23+,24+,28+,29+,30-,31?,32+,33?/m1/s1. The van der Waals surface area contributed by atoms with Gasteiger partial charge in [-0.25, -0.2) is 18.4 Å². The molecule has 0 heterocycles. The van der Waals surface area contributed by atoms with E-state index in [2.05, 4.69) is 20.8 Å². The number of halogens is 2. The first-order valence-corrected chi connectivity index (χ1v) is 15.5. The molecule has 7 aliphatic carbocycles. The summed E-state index contributed by atoms with van der Waals surface area (Å²) in [5.74, 6) is -3.87. The van der Waals surface area contributed by atoms with Gasteiger partial charge in [0.25, 0.3) is 0 Å². The average Bonchev–Trinajstić information content (AvgIpc) is 3.05. The molecular weight excluding hydrogens is 546 g/mol. The fraction of sp³-hybridized carbons (Fsp3) is 0.788. The van der Waals surface area contributed by atoms with Crippen LogP contribution in [0.5, 0.6) is 0 Å². The van der Waals surface area contributed by atoms with Crippen LogP contribution < -0.4 is 0 Å². The summed E-state index contributed by atoms with van der Waals surface area (Å²) in [4.78, 5) is 38.8. The lowest BCUT2D eigenvalue weighted by atomic mass is 9.44. The molecule has 13 atom stereocenters. The Morgan fingerprint density at radius 3 is 2.38 bits per heavy atom. The van der Waals surface area contributed by atoms with E-state index in [1.54, 1.807) is 13.8 Å². The SMILES string of the molecule is C[C@@H]1C[C@H]2[C@@H]3C[C@H](F)C4=CC(=O)C=C[C@]4(C)[C@@]3(F)[C@@H](O)C[C@]2(C)C1(OC(=O)O[C@H]1C[C@H]2CC[C@]3(C)C(C)(C)C213)C(=O)O. The molecule has 2 unspecified atom stereocenters. The topological polar surface area (TPSA) is 110 Å². The first-order valence-electron chi connectivity index (χ1n) is 15.5. The predicted octanol–water partition coefficient (Wildman–Crippen LogP) is 5.74. The van der Waals surface area contributed by atoms with E-state index in [0.717, 1.165) is 25.3 Å². The average molecular weight is 589 g/mol. The van der Waals surface area contributed by atoms with Crippen LogP contribution >= 0.6 is 0 Å². The fourth-order valence-corrected chi connectivity index (χ4v) is 12.7. The number of hydrogen-bond acceptors (Lipinski definition) is 6. The summed E-state index contributed by atoms with van der Waals surface area (Å²) in [7, 11) is 0. The van der Waals surface area contributed by atoms with Crippen molar-refractivity contribution < 1.29 is 42.9 Å². The molecule has 42 heavy (non-hydrogen) atoms. The third-order valence-corrected chi connectivity index (χ3v) is 14.9. The van der Waals surface area contributed by atoms with E-state index in [9.17, 15) is 24.6 Å². The lowest BCUT2D eigenvalue weighted by molar-refractivity contribution is -0.234. The number of rotatable bonds is 3. The molecule has 0 bridgehead atoms. The van der Waals surface area contributed by atoms with E-state index in [1.807, 2.05) is 0 Å². The maximum Gasteiger partial charge on any atom is 0.509 e. The zero-order valence-electron chi connectivity index (χ0n) is 25.2. The third-order valence-electron chi connectivity index (χ3n) is 14.9. The number of carboxylic acid groups (broad SMARTS) is 1. The molecule has 7 aliphatic rings. The highest BCUT2D eigenvalue weighted by Crippen LogP contribution is 2.93. The van der Waals surface area contributed by atoms with Crippen molar-refractivity contribution in [1.29, 1.82) is 0 Å². The van der Waals surface area contributed by atoms with E-state index in [4.69, 9.17) is 9.47 Å². The summed E-state index contributed by atoms with van der Waals surface area (Å²) in [5, 5.41) is 22.3. The summed E-state index contributed by atoms with van der Waals surface area (Å²) in [5.41, 5.74) is -7.50. The Morgan fingerprint density at radius 2 is 1.76 bits per heavy atom. The van der Waals surface area contributed by atoms with Gasteiger partial charge >= 0.3 is 12.1 Å². The van der Waals surface area contributed by atoms with Crippen LogP contribution in [0.1, 0.15) is 80.1 Å². The van der Waals surface area contributed by atoms with E-state index in [0.29, 0.717) is 5.92 Å². The Kier molecular flexibility index (Phi) is 5.33. The van der Waals surface area contributed by atoms with Crippen molar-refractivity contribution in [3.05, 3.63) is 23.8 Å². The summed E-state index contributed by atoms with van der Waals surface area (Å²) in [6, 6.07) is 0. The maximum absolute atomic E-state index is 17.5. The molecule has 1 spiro atoms. The number of aliphatic carboxylic acids is 1. The highest BCUT2D eigenvalue weighted by atomic mass is 19.1. The predicted molar refractivity (Wildman–Crippen MR) is 147 cm³/mol. The highest BCUT2D eigenvalue weighted by molar-refractivity contribution is 6.01. The summed E-state index contributed by atoms with van der Waals surface area (Å²) in [6.45, 7) is 11.4. The molecule has 7 nitrogen and oxygen atoms in total. The van der Waals surface area contributed by atoms with Gasteiger partial charge in [-0.3, -0.25) is 4.79 Å². The largest absolute Gasteiger partial charge is 0.509 e. The Balaban J connectivity index is 1.22. The second-order valence-electron chi connectivity index (χ2n) is 15.8. The molecule has 2 N–H and O–H groups in total. The molecule has 0 aromatic rings. The number of aliphatic hydroxyl groups excluding tert-OH is 1. The fourth-order valence-electron chi connectivity index (χ4n) is 12.7. The minimum Gasteiger partial charge on any atom is -0.478 e. The van der Waals surface area contributed by atoms with E-state index in [1.165, 1.54) is 19.1 Å². The van der Waals surface area contributed by atoms with Gasteiger partial charge in [0.15, 0.2) is 11.5 Å². The summed E-state index contributed by atoms with van der Waals surface area (Å²) >= 11 is 0. The highest BCUT2D eigenvalue weighted by Gasteiger charge is 2.91. The van der Waals surface area contributed by atoms with Crippen molar-refractivity contribution in [3.8, 4) is 0 Å². The van der Waals surface area contributed by atoms with Crippen LogP contribution in [0, 0.1) is 50.7 Å². The monoisotopic (exact) mass is 588 g/mol. The number of carboxylic acids is 1. The van der Waals surface area contributed by atoms with Crippen LogP contribution in [-0.4, -0.2) is 57.8 Å². The minimum atomic E-state index is -2.35. The third kappa shape index (κ3) is 2.64. The molecule has 0 amide bonds. The van der Waals surface area contributed by atoms with Crippen molar-refractivity contribution in [2.24, 2.45) is 50.7 Å². The number of aliphatic hydroxyl groups is 1. The molecule has 0 saturated heterocycles. The quantitative estimate of drug-likeness (QED) is 0.405. The first kappa shape index (κ1) is 28.5. The van der Waals surface area contributed by atoms with Gasteiger partial charge in [0.2, 0.25) is 5.60 Å². The van der Waals surface area contributed by atoms with Gasteiger partial charge in [-0.15, -0.1) is 0 Å². The van der Waals surface area contributed by atoms with Crippen molar-refractivity contribution >= 4 is 17.9 Å². The van der Waals surface area contributed by atoms with Crippen molar-refractivity contribution in [3.63, 3.8) is 0 Å². The van der Waals surface area contributed by atoms with Crippen LogP contribution in [0.15, 0.2) is 23.8 Å². The van der Waals surface area contributed by atoms with Crippen LogP contribution in [-0.2, 0) is 19.1 Å². The second-order valence-corrected chi connectivity index (χ2v) is 15.8. The molecule has 0 aliphatic heterocycles. The Hall–Kier alpha value is -2.29. The Bertz CT molecular complexity index is 1370. The summed E-state index contributed by atoms with van der Waals surface area (Å²) < 4.78 is 45.1. The molecule has 6 fully saturated rings. The zero-order chi connectivity index (χ0) is 30.6. The van der Waals surface area contributed by atoms with Gasteiger partial charge in [-0.2, -0.15) is 0 Å². The van der Waals surface area contributed by atoms with Crippen molar-refractivity contribution in [2.75, 3.05) is 0 Å². The Labute approximate surface area is 245 Å². The van der Waals surface area contributed by atoms with E-state index < -0.39 is 70.0 Å². The van der Waals surface area contributed by atoms with Gasteiger partial charge in [0.05, 0.1) is 6.10 Å². The normalized spacial score (nSPS) is 56.1. The van der Waals surface area contributed by atoms with Gasteiger partial charge < -0.3 is 19.7 Å². The maximum atomic E-state index is 17.5. The molecule has 9 heteroatoms.